The van der Waals surface area contributed by atoms with E-state index in [0.717, 1.165) is 19.0 Å². The van der Waals surface area contributed by atoms with E-state index in [4.69, 9.17) is 0 Å². The quantitative estimate of drug-likeness (QED) is 0.881. The molecule has 1 aliphatic rings. The van der Waals surface area contributed by atoms with Gasteiger partial charge in [0.05, 0.1) is 5.69 Å². The van der Waals surface area contributed by atoms with Gasteiger partial charge in [-0.2, -0.15) is 5.10 Å². The van der Waals surface area contributed by atoms with Gasteiger partial charge in [0, 0.05) is 24.8 Å². The number of nitrogens with one attached hydrogen (secondary N) is 1. The molecular formula is C15H28N4. The van der Waals surface area contributed by atoms with Crippen LogP contribution in [-0.4, -0.2) is 41.4 Å². The lowest BCUT2D eigenvalue weighted by Gasteiger charge is -2.32. The minimum atomic E-state index is 0.916. The van der Waals surface area contributed by atoms with E-state index in [1.54, 1.807) is 0 Å². The zero-order valence-electron chi connectivity index (χ0n) is 12.9. The molecule has 4 nitrogen and oxygen atoms in total. The maximum absolute atomic E-state index is 4.51. The molecule has 1 aromatic heterocycles. The Morgan fingerprint density at radius 3 is 2.47 bits per heavy atom. The van der Waals surface area contributed by atoms with Crippen LogP contribution in [0, 0.1) is 19.8 Å². The van der Waals surface area contributed by atoms with Gasteiger partial charge in [0.2, 0.25) is 0 Å². The first kappa shape index (κ1) is 14.5. The van der Waals surface area contributed by atoms with E-state index in [1.165, 1.54) is 49.3 Å². The number of aryl methyl sites for hydroxylation is 2. The second-order valence-electron chi connectivity index (χ2n) is 5.88. The summed E-state index contributed by atoms with van der Waals surface area (Å²) in [6, 6.07) is 0. The Labute approximate surface area is 117 Å². The van der Waals surface area contributed by atoms with Crippen LogP contribution < -0.4 is 5.32 Å². The molecule has 1 N–H and O–H groups in total. The average Bonchev–Trinajstić information content (AvgIpc) is 2.64. The van der Waals surface area contributed by atoms with Crippen molar-refractivity contribution in [3.05, 3.63) is 17.0 Å². The van der Waals surface area contributed by atoms with E-state index < -0.39 is 0 Å². The standard InChI is InChI=1S/C15H28N4/c1-12-15(13(2)18(4)17-12)11-19-9-6-14(7-10-19)5-8-16-3/h14,16H,5-11H2,1-4H3. The lowest BCUT2D eigenvalue weighted by molar-refractivity contribution is 0.172. The van der Waals surface area contributed by atoms with Crippen LogP contribution in [-0.2, 0) is 13.6 Å². The first-order chi connectivity index (χ1) is 9.11. The maximum atomic E-state index is 4.51. The number of nitrogens with zero attached hydrogens (tertiary/aromatic N) is 3. The van der Waals surface area contributed by atoms with Gasteiger partial charge in [-0.15, -0.1) is 0 Å². The van der Waals surface area contributed by atoms with E-state index in [2.05, 4.69) is 29.2 Å². The normalized spacial score (nSPS) is 18.1. The summed E-state index contributed by atoms with van der Waals surface area (Å²) in [6.07, 6.45) is 4.02. The Morgan fingerprint density at radius 1 is 1.26 bits per heavy atom. The Hall–Kier alpha value is -0.870. The van der Waals surface area contributed by atoms with Gasteiger partial charge >= 0.3 is 0 Å². The van der Waals surface area contributed by atoms with Crippen molar-refractivity contribution >= 4 is 0 Å². The predicted molar refractivity (Wildman–Crippen MR) is 79.2 cm³/mol. The van der Waals surface area contributed by atoms with E-state index in [1.807, 2.05) is 18.8 Å². The smallest absolute Gasteiger partial charge is 0.0641 e. The lowest BCUT2D eigenvalue weighted by Crippen LogP contribution is -2.34. The first-order valence-electron chi connectivity index (χ1n) is 7.47. The number of likely N-dealkylation sites (tertiary alicyclic amines) is 1. The van der Waals surface area contributed by atoms with Gasteiger partial charge in [-0.25, -0.2) is 0 Å². The number of hydrogen-bond donors (Lipinski definition) is 1. The molecule has 0 aliphatic carbocycles. The van der Waals surface area contributed by atoms with Gasteiger partial charge < -0.3 is 5.32 Å². The van der Waals surface area contributed by atoms with Crippen LogP contribution in [0.15, 0.2) is 0 Å². The van der Waals surface area contributed by atoms with Crippen molar-refractivity contribution in [3.8, 4) is 0 Å². The Kier molecular flexibility index (Phi) is 4.99. The summed E-state index contributed by atoms with van der Waals surface area (Å²) in [5, 5.41) is 7.77. The topological polar surface area (TPSA) is 33.1 Å². The molecule has 19 heavy (non-hydrogen) atoms. The lowest BCUT2D eigenvalue weighted by atomic mass is 9.93. The highest BCUT2D eigenvalue weighted by atomic mass is 15.3. The molecule has 1 aliphatic heterocycles. The summed E-state index contributed by atoms with van der Waals surface area (Å²) in [5.74, 6) is 0.916. The van der Waals surface area contributed by atoms with Crippen molar-refractivity contribution in [2.45, 2.75) is 39.7 Å². The first-order valence-corrected chi connectivity index (χ1v) is 7.47. The Balaban J connectivity index is 1.85. The summed E-state index contributed by atoms with van der Waals surface area (Å²) in [4.78, 5) is 2.59. The molecule has 108 valence electrons. The van der Waals surface area contributed by atoms with Gasteiger partial charge in [-0.3, -0.25) is 9.58 Å². The van der Waals surface area contributed by atoms with Crippen molar-refractivity contribution < 1.29 is 0 Å². The van der Waals surface area contributed by atoms with E-state index in [0.29, 0.717) is 0 Å². The third-order valence-electron chi connectivity index (χ3n) is 4.55. The van der Waals surface area contributed by atoms with Crippen molar-refractivity contribution in [1.82, 2.24) is 20.0 Å². The third kappa shape index (κ3) is 3.57. The molecule has 0 aromatic carbocycles. The average molecular weight is 264 g/mol. The highest BCUT2D eigenvalue weighted by molar-refractivity contribution is 5.24. The molecule has 0 saturated carbocycles. The van der Waals surface area contributed by atoms with Crippen molar-refractivity contribution in [3.63, 3.8) is 0 Å². The molecule has 1 aromatic rings. The van der Waals surface area contributed by atoms with Crippen LogP contribution in [0.3, 0.4) is 0 Å². The van der Waals surface area contributed by atoms with E-state index >= 15 is 0 Å². The molecule has 1 saturated heterocycles. The van der Waals surface area contributed by atoms with Gasteiger partial charge in [-0.05, 0) is 65.7 Å². The highest BCUT2D eigenvalue weighted by Gasteiger charge is 2.20. The SMILES string of the molecule is CNCCC1CCN(Cc2c(C)nn(C)c2C)CC1. The highest BCUT2D eigenvalue weighted by Crippen LogP contribution is 2.23. The molecular weight excluding hydrogens is 236 g/mol. The van der Waals surface area contributed by atoms with Gasteiger partial charge in [0.15, 0.2) is 0 Å². The summed E-state index contributed by atoms with van der Waals surface area (Å²) in [7, 11) is 4.08. The number of rotatable bonds is 5. The zero-order valence-corrected chi connectivity index (χ0v) is 12.9. The fraction of sp³-hybridized carbons (Fsp3) is 0.800. The van der Waals surface area contributed by atoms with Crippen LogP contribution >= 0.6 is 0 Å². The summed E-state index contributed by atoms with van der Waals surface area (Å²) in [5.41, 5.74) is 3.93. The van der Waals surface area contributed by atoms with Crippen LogP contribution in [0.2, 0.25) is 0 Å². The van der Waals surface area contributed by atoms with Gasteiger partial charge in [-0.1, -0.05) is 0 Å². The van der Waals surface area contributed by atoms with Crippen LogP contribution in [0.5, 0.6) is 0 Å². The van der Waals surface area contributed by atoms with Gasteiger partial charge in [0.25, 0.3) is 0 Å². The van der Waals surface area contributed by atoms with Gasteiger partial charge in [0.1, 0.15) is 0 Å². The second-order valence-corrected chi connectivity index (χ2v) is 5.88. The number of aromatic nitrogens is 2. The van der Waals surface area contributed by atoms with E-state index in [9.17, 15) is 0 Å². The van der Waals surface area contributed by atoms with Crippen molar-refractivity contribution in [1.29, 1.82) is 0 Å². The number of piperidine rings is 1. The third-order valence-corrected chi connectivity index (χ3v) is 4.55. The summed E-state index contributed by atoms with van der Waals surface area (Å²) in [6.45, 7) is 9.01. The van der Waals surface area contributed by atoms with Crippen LogP contribution in [0.25, 0.3) is 0 Å². The second kappa shape index (κ2) is 6.53. The molecule has 0 spiro atoms. The fourth-order valence-corrected chi connectivity index (χ4v) is 3.05. The molecule has 0 atom stereocenters. The number of hydrogen-bond acceptors (Lipinski definition) is 3. The molecule has 0 bridgehead atoms. The predicted octanol–water partition coefficient (Wildman–Crippen LogP) is 1.86. The molecule has 4 heteroatoms. The van der Waals surface area contributed by atoms with Crippen molar-refractivity contribution in [2.75, 3.05) is 26.7 Å². The minimum absolute atomic E-state index is 0.916. The Bertz CT molecular complexity index is 403. The summed E-state index contributed by atoms with van der Waals surface area (Å²) >= 11 is 0. The molecule has 0 radical (unpaired) electrons. The molecule has 2 rings (SSSR count). The molecule has 1 fully saturated rings. The largest absolute Gasteiger partial charge is 0.320 e. The maximum Gasteiger partial charge on any atom is 0.0641 e. The summed E-state index contributed by atoms with van der Waals surface area (Å²) < 4.78 is 2.00. The van der Waals surface area contributed by atoms with Crippen molar-refractivity contribution in [2.24, 2.45) is 13.0 Å². The molecule has 0 amide bonds. The fourth-order valence-electron chi connectivity index (χ4n) is 3.05. The monoisotopic (exact) mass is 264 g/mol. The van der Waals surface area contributed by atoms with Crippen LogP contribution in [0.1, 0.15) is 36.2 Å². The Morgan fingerprint density at radius 2 is 1.95 bits per heavy atom. The van der Waals surface area contributed by atoms with Crippen LogP contribution in [0.4, 0.5) is 0 Å². The molecule has 2 heterocycles. The molecule has 0 unspecified atom stereocenters. The van der Waals surface area contributed by atoms with E-state index in [-0.39, 0.29) is 0 Å². The minimum Gasteiger partial charge on any atom is -0.320 e. The zero-order chi connectivity index (χ0) is 13.8.